The van der Waals surface area contributed by atoms with Gasteiger partial charge in [0.05, 0.1) is 62.7 Å². The fraction of sp³-hybridized carbons (Fsp3) is 0. The van der Waals surface area contributed by atoms with Crippen LogP contribution in [0.25, 0.3) is 77.2 Å². The molecule has 0 saturated carbocycles. The SMILES string of the molecule is N#Cc1ccc2c(c1)c1ccccc1n2-c1cccc(C#N)c1-c1cccc(-c2ccc(-n3c4ccccc4c4ccccc43)cc2C#N)c1. The molecule has 0 spiro atoms. The number of fused-ring (bicyclic) bond motifs is 6. The standard InChI is InChI=1S/C45H25N5/c46-26-29-19-22-43-39(23-29)38-14-3-6-17-42(38)50(43)44-18-8-11-32(27-47)45(44)31-10-7-9-30(24-31)35-21-20-34(25-33(35)28-48)49-40-15-4-1-12-36(40)37-13-2-5-16-41(37)49/h1-25H. The van der Waals surface area contributed by atoms with Crippen molar-refractivity contribution < 1.29 is 0 Å². The molecule has 0 N–H and O–H groups in total. The summed E-state index contributed by atoms with van der Waals surface area (Å²) in [5.41, 5.74) is 10.9. The monoisotopic (exact) mass is 635 g/mol. The van der Waals surface area contributed by atoms with Gasteiger partial charge in [0.1, 0.15) is 0 Å². The van der Waals surface area contributed by atoms with Crippen molar-refractivity contribution in [1.29, 1.82) is 15.8 Å². The Hall–Kier alpha value is -7.39. The lowest BCUT2D eigenvalue weighted by Gasteiger charge is -2.17. The molecule has 0 atom stereocenters. The largest absolute Gasteiger partial charge is 0.309 e. The van der Waals surface area contributed by atoms with Gasteiger partial charge in [-0.15, -0.1) is 0 Å². The Bertz CT molecular complexity index is 2920. The first-order valence-corrected chi connectivity index (χ1v) is 16.3. The number of aromatic nitrogens is 2. The second-order valence-corrected chi connectivity index (χ2v) is 12.3. The molecule has 5 nitrogen and oxygen atoms in total. The van der Waals surface area contributed by atoms with E-state index in [0.717, 1.165) is 66.5 Å². The van der Waals surface area contributed by atoms with Crippen LogP contribution in [0.1, 0.15) is 16.7 Å². The first kappa shape index (κ1) is 28.8. The molecule has 9 aromatic rings. The molecule has 0 fully saturated rings. The Balaban J connectivity index is 1.22. The Morgan fingerprint density at radius 2 is 1.00 bits per heavy atom. The molecule has 2 heterocycles. The number of nitriles is 3. The van der Waals surface area contributed by atoms with Gasteiger partial charge in [-0.05, 0) is 83.4 Å². The number of hydrogen-bond acceptors (Lipinski definition) is 3. The maximum atomic E-state index is 10.5. The van der Waals surface area contributed by atoms with Gasteiger partial charge in [0.25, 0.3) is 0 Å². The summed E-state index contributed by atoms with van der Waals surface area (Å²) in [6.07, 6.45) is 0. The van der Waals surface area contributed by atoms with Crippen LogP contribution in [0.4, 0.5) is 0 Å². The molecule has 0 unspecified atom stereocenters. The highest BCUT2D eigenvalue weighted by atomic mass is 15.0. The summed E-state index contributed by atoms with van der Waals surface area (Å²) in [6.45, 7) is 0. The summed E-state index contributed by atoms with van der Waals surface area (Å²) in [4.78, 5) is 0. The van der Waals surface area contributed by atoms with Gasteiger partial charge in [-0.3, -0.25) is 0 Å². The third-order valence-electron chi connectivity index (χ3n) is 9.63. The van der Waals surface area contributed by atoms with Crippen molar-refractivity contribution in [3.63, 3.8) is 0 Å². The van der Waals surface area contributed by atoms with Crippen molar-refractivity contribution in [1.82, 2.24) is 9.13 Å². The summed E-state index contributed by atoms with van der Waals surface area (Å²) in [6, 6.07) is 57.6. The summed E-state index contributed by atoms with van der Waals surface area (Å²) < 4.78 is 4.39. The zero-order valence-corrected chi connectivity index (χ0v) is 26.7. The van der Waals surface area contributed by atoms with E-state index in [1.54, 1.807) is 0 Å². The summed E-state index contributed by atoms with van der Waals surface area (Å²) in [5.74, 6) is 0. The van der Waals surface area contributed by atoms with E-state index in [0.29, 0.717) is 16.7 Å². The summed E-state index contributed by atoms with van der Waals surface area (Å²) in [7, 11) is 0. The van der Waals surface area contributed by atoms with Crippen molar-refractivity contribution in [3.05, 3.63) is 168 Å². The highest BCUT2D eigenvalue weighted by Gasteiger charge is 2.20. The topological polar surface area (TPSA) is 81.2 Å². The van der Waals surface area contributed by atoms with Gasteiger partial charge in [0.2, 0.25) is 0 Å². The van der Waals surface area contributed by atoms with Crippen LogP contribution in [0.2, 0.25) is 0 Å². The smallest absolute Gasteiger partial charge is 0.0998 e. The number of rotatable bonds is 4. The molecular weight excluding hydrogens is 611 g/mol. The van der Waals surface area contributed by atoms with Crippen LogP contribution in [0.15, 0.2) is 152 Å². The van der Waals surface area contributed by atoms with Crippen LogP contribution < -0.4 is 0 Å². The lowest BCUT2D eigenvalue weighted by atomic mass is 9.93. The normalized spacial score (nSPS) is 11.1. The summed E-state index contributed by atoms with van der Waals surface area (Å²) >= 11 is 0. The van der Waals surface area contributed by atoms with Gasteiger partial charge < -0.3 is 9.13 Å². The molecule has 0 saturated heterocycles. The second-order valence-electron chi connectivity index (χ2n) is 12.3. The Morgan fingerprint density at radius 3 is 1.68 bits per heavy atom. The highest BCUT2D eigenvalue weighted by molar-refractivity contribution is 6.11. The Morgan fingerprint density at radius 1 is 0.400 bits per heavy atom. The third kappa shape index (κ3) is 4.31. The van der Waals surface area contributed by atoms with Crippen molar-refractivity contribution >= 4 is 43.6 Å². The van der Waals surface area contributed by atoms with Crippen LogP contribution in [0.5, 0.6) is 0 Å². The minimum absolute atomic E-state index is 0.543. The number of para-hydroxylation sites is 3. The molecule has 9 rings (SSSR count). The molecule has 2 aromatic heterocycles. The maximum absolute atomic E-state index is 10.5. The lowest BCUT2D eigenvalue weighted by molar-refractivity contribution is 1.18. The van der Waals surface area contributed by atoms with E-state index in [2.05, 4.69) is 88.0 Å². The van der Waals surface area contributed by atoms with Crippen molar-refractivity contribution in [3.8, 4) is 51.8 Å². The van der Waals surface area contributed by atoms with Crippen molar-refractivity contribution in [2.45, 2.75) is 0 Å². The van der Waals surface area contributed by atoms with Gasteiger partial charge in [-0.25, -0.2) is 0 Å². The molecule has 5 heteroatoms. The van der Waals surface area contributed by atoms with E-state index in [1.807, 2.05) is 91.0 Å². The van der Waals surface area contributed by atoms with Crippen LogP contribution in [0.3, 0.4) is 0 Å². The van der Waals surface area contributed by atoms with Crippen LogP contribution >= 0.6 is 0 Å². The highest BCUT2D eigenvalue weighted by Crippen LogP contribution is 2.40. The lowest BCUT2D eigenvalue weighted by Crippen LogP contribution is -2.00. The van der Waals surface area contributed by atoms with Crippen LogP contribution in [0, 0.1) is 34.0 Å². The van der Waals surface area contributed by atoms with E-state index in [4.69, 9.17) is 0 Å². The minimum atomic E-state index is 0.543. The van der Waals surface area contributed by atoms with Gasteiger partial charge in [-0.2, -0.15) is 15.8 Å². The molecule has 0 radical (unpaired) electrons. The molecule has 7 aromatic carbocycles. The number of hydrogen-bond donors (Lipinski definition) is 0. The van der Waals surface area contributed by atoms with E-state index < -0.39 is 0 Å². The van der Waals surface area contributed by atoms with Gasteiger partial charge >= 0.3 is 0 Å². The predicted molar refractivity (Wildman–Crippen MR) is 200 cm³/mol. The average Bonchev–Trinajstić information content (AvgIpc) is 3.70. The maximum Gasteiger partial charge on any atom is 0.0998 e. The zero-order chi connectivity index (χ0) is 33.8. The quantitative estimate of drug-likeness (QED) is 0.193. The zero-order valence-electron chi connectivity index (χ0n) is 26.7. The van der Waals surface area contributed by atoms with E-state index in [1.165, 1.54) is 10.8 Å². The fourth-order valence-electron chi connectivity index (χ4n) is 7.48. The van der Waals surface area contributed by atoms with Crippen LogP contribution in [-0.2, 0) is 0 Å². The first-order chi connectivity index (χ1) is 24.7. The third-order valence-corrected chi connectivity index (χ3v) is 9.63. The number of benzene rings is 7. The van der Waals surface area contributed by atoms with Crippen molar-refractivity contribution in [2.75, 3.05) is 0 Å². The van der Waals surface area contributed by atoms with Gasteiger partial charge in [-0.1, -0.05) is 84.9 Å². The van der Waals surface area contributed by atoms with Crippen molar-refractivity contribution in [2.24, 2.45) is 0 Å². The molecule has 0 aliphatic heterocycles. The molecule has 0 aliphatic carbocycles. The molecule has 230 valence electrons. The van der Waals surface area contributed by atoms with Crippen LogP contribution in [-0.4, -0.2) is 9.13 Å². The minimum Gasteiger partial charge on any atom is -0.309 e. The Labute approximate surface area is 287 Å². The van der Waals surface area contributed by atoms with Gasteiger partial charge in [0.15, 0.2) is 0 Å². The van der Waals surface area contributed by atoms with Gasteiger partial charge in [0, 0.05) is 32.8 Å². The van der Waals surface area contributed by atoms with E-state index in [9.17, 15) is 15.8 Å². The molecular formula is C45H25N5. The molecule has 0 bridgehead atoms. The van der Waals surface area contributed by atoms with E-state index >= 15 is 0 Å². The fourth-order valence-corrected chi connectivity index (χ4v) is 7.48. The number of nitrogens with zero attached hydrogens (tertiary/aromatic N) is 5. The second kappa shape index (κ2) is 11.4. The summed E-state index contributed by atoms with van der Waals surface area (Å²) in [5, 5.41) is 34.9. The molecule has 0 aliphatic rings. The molecule has 50 heavy (non-hydrogen) atoms. The predicted octanol–water partition coefficient (Wildman–Crippen LogP) is 10.8. The molecule has 0 amide bonds. The first-order valence-electron chi connectivity index (χ1n) is 16.3. The van der Waals surface area contributed by atoms with E-state index in [-0.39, 0.29) is 0 Å². The Kier molecular flexibility index (Phi) is 6.56. The average molecular weight is 636 g/mol.